The summed E-state index contributed by atoms with van der Waals surface area (Å²) in [6.07, 6.45) is 2.52. The summed E-state index contributed by atoms with van der Waals surface area (Å²) in [5.41, 5.74) is 3.63. The van der Waals surface area contributed by atoms with Crippen LogP contribution in [-0.2, 0) is 0 Å². The molecule has 0 atom stereocenters. The first kappa shape index (κ1) is 13.5. The van der Waals surface area contributed by atoms with Gasteiger partial charge in [-0.3, -0.25) is 4.79 Å². The summed E-state index contributed by atoms with van der Waals surface area (Å²) in [6.45, 7) is 4.93. The third kappa shape index (κ3) is 2.14. The Morgan fingerprint density at radius 3 is 2.76 bits per heavy atom. The highest BCUT2D eigenvalue weighted by molar-refractivity contribution is 6.12. The topological polar surface area (TPSA) is 49.3 Å². The molecule has 0 spiro atoms. The van der Waals surface area contributed by atoms with Gasteiger partial charge >= 0.3 is 0 Å². The first-order valence-electron chi connectivity index (χ1n) is 7.11. The fourth-order valence-corrected chi connectivity index (χ4v) is 2.68. The number of fused-ring (bicyclic) bond motifs is 2. The summed E-state index contributed by atoms with van der Waals surface area (Å²) in [5, 5.41) is 8.17. The number of carbonyl (C=O) groups is 1. The third-order valence-corrected chi connectivity index (χ3v) is 3.72. The lowest BCUT2D eigenvalue weighted by Crippen LogP contribution is -2.25. The van der Waals surface area contributed by atoms with Gasteiger partial charge in [-0.05, 0) is 37.1 Å². The van der Waals surface area contributed by atoms with Crippen LogP contribution in [0.4, 0.5) is 17.2 Å². The van der Waals surface area contributed by atoms with E-state index in [1.54, 1.807) is 24.2 Å². The molecule has 2 heterocycles. The van der Waals surface area contributed by atoms with Crippen LogP contribution in [0.3, 0.4) is 0 Å². The van der Waals surface area contributed by atoms with Crippen LogP contribution in [0, 0.1) is 6.92 Å². The molecule has 0 saturated carbocycles. The maximum absolute atomic E-state index is 12.7. The molecule has 0 N–H and O–H groups in total. The van der Waals surface area contributed by atoms with Crippen LogP contribution in [0.2, 0.25) is 0 Å². The normalized spacial score (nSPS) is 13.8. The summed E-state index contributed by atoms with van der Waals surface area (Å²) in [6, 6.07) is 7.88. The minimum absolute atomic E-state index is 0.0506. The van der Waals surface area contributed by atoms with Gasteiger partial charge in [0, 0.05) is 13.6 Å². The van der Waals surface area contributed by atoms with E-state index in [2.05, 4.69) is 28.1 Å². The van der Waals surface area contributed by atoms with Gasteiger partial charge in [0.15, 0.2) is 5.82 Å². The molecular formula is C16H18N4O. The fraction of sp³-hybridized carbons (Fsp3) is 0.312. The van der Waals surface area contributed by atoms with Crippen molar-refractivity contribution in [2.45, 2.75) is 20.3 Å². The van der Waals surface area contributed by atoms with Crippen LogP contribution >= 0.6 is 0 Å². The molecule has 1 aromatic carbocycles. The zero-order valence-electron chi connectivity index (χ0n) is 12.5. The molecule has 0 saturated heterocycles. The third-order valence-electron chi connectivity index (χ3n) is 3.72. The Balaban J connectivity index is 2.28. The van der Waals surface area contributed by atoms with Crippen LogP contribution in [0.1, 0.15) is 29.3 Å². The van der Waals surface area contributed by atoms with Crippen LogP contribution in [0.15, 0.2) is 30.5 Å². The van der Waals surface area contributed by atoms with E-state index in [1.807, 2.05) is 19.1 Å². The average molecular weight is 282 g/mol. The number of nitrogens with zero attached hydrogens (tertiary/aromatic N) is 4. The van der Waals surface area contributed by atoms with E-state index in [0.29, 0.717) is 11.4 Å². The number of aromatic nitrogens is 2. The van der Waals surface area contributed by atoms with Crippen molar-refractivity contribution in [2.24, 2.45) is 0 Å². The fourth-order valence-electron chi connectivity index (χ4n) is 2.68. The standard InChI is InChI=1S/C16H18N4O/c1-4-9-20-13-6-5-11(2)10-14(13)19(3)16(21)12-7-8-17-18-15(12)20/h5-8,10H,4,9H2,1-3H3. The van der Waals surface area contributed by atoms with Crippen molar-refractivity contribution < 1.29 is 4.79 Å². The smallest absolute Gasteiger partial charge is 0.261 e. The van der Waals surface area contributed by atoms with Crippen molar-refractivity contribution in [1.29, 1.82) is 0 Å². The van der Waals surface area contributed by atoms with Gasteiger partial charge in [0.05, 0.1) is 23.1 Å². The van der Waals surface area contributed by atoms with Gasteiger partial charge in [-0.25, -0.2) is 0 Å². The van der Waals surface area contributed by atoms with Gasteiger partial charge < -0.3 is 9.80 Å². The predicted molar refractivity (Wildman–Crippen MR) is 83.2 cm³/mol. The number of hydrogen-bond donors (Lipinski definition) is 0. The number of benzene rings is 1. The first-order valence-corrected chi connectivity index (χ1v) is 7.11. The summed E-state index contributed by atoms with van der Waals surface area (Å²) >= 11 is 0. The van der Waals surface area contributed by atoms with E-state index in [-0.39, 0.29) is 5.91 Å². The second-order valence-electron chi connectivity index (χ2n) is 5.28. The molecule has 0 aliphatic carbocycles. The molecule has 2 aromatic rings. The number of carbonyl (C=O) groups excluding carboxylic acids is 1. The number of rotatable bonds is 2. The van der Waals surface area contributed by atoms with Crippen molar-refractivity contribution in [3.8, 4) is 0 Å². The van der Waals surface area contributed by atoms with E-state index in [4.69, 9.17) is 0 Å². The Morgan fingerprint density at radius 1 is 1.19 bits per heavy atom. The molecule has 21 heavy (non-hydrogen) atoms. The molecule has 5 nitrogen and oxygen atoms in total. The van der Waals surface area contributed by atoms with Crippen molar-refractivity contribution in [2.75, 3.05) is 23.4 Å². The van der Waals surface area contributed by atoms with Crippen LogP contribution in [0.25, 0.3) is 0 Å². The molecule has 0 radical (unpaired) electrons. The first-order chi connectivity index (χ1) is 10.1. The summed E-state index contributed by atoms with van der Waals surface area (Å²) < 4.78 is 0. The van der Waals surface area contributed by atoms with Crippen LogP contribution < -0.4 is 9.80 Å². The van der Waals surface area contributed by atoms with Gasteiger partial charge in [-0.2, -0.15) is 5.10 Å². The summed E-state index contributed by atoms with van der Waals surface area (Å²) in [7, 11) is 1.81. The quantitative estimate of drug-likeness (QED) is 0.849. The van der Waals surface area contributed by atoms with Gasteiger partial charge in [0.1, 0.15) is 0 Å². The highest BCUT2D eigenvalue weighted by Crippen LogP contribution is 2.39. The SMILES string of the molecule is CCCN1c2ccc(C)cc2N(C)C(=O)c2ccnnc21. The van der Waals surface area contributed by atoms with Crippen molar-refractivity contribution in [3.63, 3.8) is 0 Å². The number of amides is 1. The predicted octanol–water partition coefficient (Wildman–Crippen LogP) is 2.92. The molecule has 1 aliphatic rings. The molecule has 0 unspecified atom stereocenters. The van der Waals surface area contributed by atoms with Gasteiger partial charge in [-0.15, -0.1) is 5.10 Å². The molecule has 1 aromatic heterocycles. The number of aryl methyl sites for hydroxylation is 1. The van der Waals surface area contributed by atoms with E-state index in [1.165, 1.54) is 0 Å². The average Bonchev–Trinajstić information content (AvgIpc) is 2.58. The largest absolute Gasteiger partial charge is 0.322 e. The molecule has 1 amide bonds. The Kier molecular flexibility index (Phi) is 3.33. The summed E-state index contributed by atoms with van der Waals surface area (Å²) in [5.74, 6) is 0.587. The maximum atomic E-state index is 12.7. The number of anilines is 3. The zero-order valence-corrected chi connectivity index (χ0v) is 12.5. The van der Waals surface area contributed by atoms with Crippen molar-refractivity contribution in [1.82, 2.24) is 10.2 Å². The van der Waals surface area contributed by atoms with E-state index in [0.717, 1.165) is 29.9 Å². The number of hydrogen-bond acceptors (Lipinski definition) is 4. The van der Waals surface area contributed by atoms with Crippen LogP contribution in [-0.4, -0.2) is 29.7 Å². The molecule has 3 rings (SSSR count). The maximum Gasteiger partial charge on any atom is 0.261 e. The van der Waals surface area contributed by atoms with Gasteiger partial charge in [0.25, 0.3) is 5.91 Å². The minimum Gasteiger partial charge on any atom is -0.322 e. The van der Waals surface area contributed by atoms with Crippen molar-refractivity contribution >= 4 is 23.1 Å². The Bertz CT molecular complexity index is 698. The van der Waals surface area contributed by atoms with Gasteiger partial charge in [0.2, 0.25) is 0 Å². The van der Waals surface area contributed by atoms with E-state index < -0.39 is 0 Å². The summed E-state index contributed by atoms with van der Waals surface area (Å²) in [4.78, 5) is 16.5. The van der Waals surface area contributed by atoms with E-state index >= 15 is 0 Å². The minimum atomic E-state index is -0.0506. The van der Waals surface area contributed by atoms with E-state index in [9.17, 15) is 4.79 Å². The zero-order chi connectivity index (χ0) is 15.0. The van der Waals surface area contributed by atoms with Crippen molar-refractivity contribution in [3.05, 3.63) is 41.6 Å². The highest BCUT2D eigenvalue weighted by atomic mass is 16.2. The molecule has 1 aliphatic heterocycles. The Hall–Kier alpha value is -2.43. The second-order valence-corrected chi connectivity index (χ2v) is 5.28. The Labute approximate surface area is 124 Å². The molecule has 108 valence electrons. The lowest BCUT2D eigenvalue weighted by atomic mass is 10.1. The van der Waals surface area contributed by atoms with Gasteiger partial charge in [-0.1, -0.05) is 13.0 Å². The molecule has 5 heteroatoms. The molecule has 0 fully saturated rings. The lowest BCUT2D eigenvalue weighted by molar-refractivity contribution is 0.0994. The lowest BCUT2D eigenvalue weighted by Gasteiger charge is -2.25. The van der Waals surface area contributed by atoms with Crippen LogP contribution in [0.5, 0.6) is 0 Å². The second kappa shape index (κ2) is 5.16. The molecular weight excluding hydrogens is 264 g/mol. The monoisotopic (exact) mass is 282 g/mol. The Morgan fingerprint density at radius 2 is 2.00 bits per heavy atom. The highest BCUT2D eigenvalue weighted by Gasteiger charge is 2.29. The molecule has 0 bridgehead atoms.